The van der Waals surface area contributed by atoms with Crippen LogP contribution in [0.1, 0.15) is 39.7 Å². The topological polar surface area (TPSA) is 48.3 Å². The molecule has 1 N–H and O–H groups in total. The molecule has 2 atom stereocenters. The Morgan fingerprint density at radius 2 is 2.42 bits per heavy atom. The lowest BCUT2D eigenvalue weighted by Gasteiger charge is -2.36. The van der Waals surface area contributed by atoms with Crippen molar-refractivity contribution in [2.75, 3.05) is 25.6 Å². The summed E-state index contributed by atoms with van der Waals surface area (Å²) in [4.78, 5) is 4.42. The molecular weight excluding hydrogens is 242 g/mol. The van der Waals surface area contributed by atoms with E-state index in [9.17, 15) is 0 Å². The fourth-order valence-electron chi connectivity index (χ4n) is 2.67. The maximum atomic E-state index is 5.78. The molecule has 0 bridgehead atoms. The van der Waals surface area contributed by atoms with Crippen molar-refractivity contribution in [3.05, 3.63) is 12.4 Å². The van der Waals surface area contributed by atoms with E-state index in [1.807, 2.05) is 12.4 Å². The number of aromatic nitrogens is 2. The first kappa shape index (κ1) is 14.3. The zero-order valence-electron chi connectivity index (χ0n) is 12.3. The van der Waals surface area contributed by atoms with Crippen LogP contribution >= 0.6 is 0 Å². The number of ether oxygens (including phenoxy) is 2. The van der Waals surface area contributed by atoms with Gasteiger partial charge in [-0.05, 0) is 33.6 Å². The Morgan fingerprint density at radius 3 is 3.11 bits per heavy atom. The molecule has 19 heavy (non-hydrogen) atoms. The van der Waals surface area contributed by atoms with E-state index >= 15 is 0 Å². The third kappa shape index (κ3) is 3.70. The Labute approximate surface area is 115 Å². The molecule has 1 aromatic rings. The number of nitrogens with zero attached hydrogens (tertiary/aromatic N) is 2. The molecule has 2 rings (SSSR count). The van der Waals surface area contributed by atoms with E-state index in [0.29, 0.717) is 12.6 Å². The van der Waals surface area contributed by atoms with Gasteiger partial charge in [0.2, 0.25) is 5.95 Å². The third-order valence-electron chi connectivity index (χ3n) is 3.53. The van der Waals surface area contributed by atoms with Crippen LogP contribution < -0.4 is 5.32 Å². The fraction of sp³-hybridized carbons (Fsp3) is 0.786. The van der Waals surface area contributed by atoms with Gasteiger partial charge >= 0.3 is 0 Å². The van der Waals surface area contributed by atoms with Gasteiger partial charge in [0.1, 0.15) is 0 Å². The van der Waals surface area contributed by atoms with Crippen LogP contribution in [0.5, 0.6) is 0 Å². The van der Waals surface area contributed by atoms with Gasteiger partial charge in [-0.15, -0.1) is 0 Å². The number of hydrogen-bond acceptors (Lipinski definition) is 4. The summed E-state index contributed by atoms with van der Waals surface area (Å²) in [5.74, 6) is 0.923. The normalized spacial score (nSPS) is 24.1. The molecule has 2 heterocycles. The largest absolute Gasteiger partial charge is 0.383 e. The molecule has 5 nitrogen and oxygen atoms in total. The monoisotopic (exact) mass is 267 g/mol. The second-order valence-electron chi connectivity index (χ2n) is 5.91. The first-order chi connectivity index (χ1) is 9.02. The average molecular weight is 267 g/mol. The van der Waals surface area contributed by atoms with Crippen LogP contribution in [0.3, 0.4) is 0 Å². The van der Waals surface area contributed by atoms with Crippen LogP contribution in [-0.2, 0) is 9.47 Å². The third-order valence-corrected chi connectivity index (χ3v) is 3.53. The summed E-state index contributed by atoms with van der Waals surface area (Å²) in [7, 11) is 1.71. The van der Waals surface area contributed by atoms with Crippen LogP contribution in [0, 0.1) is 0 Å². The fourth-order valence-corrected chi connectivity index (χ4v) is 2.67. The summed E-state index contributed by atoms with van der Waals surface area (Å²) in [5, 5.41) is 3.40. The first-order valence-corrected chi connectivity index (χ1v) is 6.94. The highest BCUT2D eigenvalue weighted by Gasteiger charge is 2.30. The lowest BCUT2D eigenvalue weighted by Crippen LogP contribution is -2.35. The summed E-state index contributed by atoms with van der Waals surface area (Å²) in [6.45, 7) is 7.87. The van der Waals surface area contributed by atoms with E-state index in [0.717, 1.165) is 25.4 Å². The van der Waals surface area contributed by atoms with Crippen molar-refractivity contribution in [2.24, 2.45) is 0 Å². The first-order valence-electron chi connectivity index (χ1n) is 6.94. The van der Waals surface area contributed by atoms with Gasteiger partial charge in [-0.2, -0.15) is 0 Å². The molecule has 1 aliphatic heterocycles. The Balaban J connectivity index is 2.06. The van der Waals surface area contributed by atoms with E-state index < -0.39 is 0 Å². The predicted octanol–water partition coefficient (Wildman–Crippen LogP) is 2.46. The van der Waals surface area contributed by atoms with Crippen molar-refractivity contribution >= 4 is 5.95 Å². The lowest BCUT2D eigenvalue weighted by atomic mass is 9.94. The van der Waals surface area contributed by atoms with Crippen LogP contribution in [0.15, 0.2) is 12.4 Å². The standard InChI is InChI=1S/C14H25N3O2/c1-11(10-18-4)16-13-15-6-7-17(13)12-5-8-19-14(2,3)9-12/h6-7,11-12H,5,8-10H2,1-4H3,(H,15,16). The minimum atomic E-state index is -0.0530. The van der Waals surface area contributed by atoms with Crippen LogP contribution in [0.2, 0.25) is 0 Å². The Morgan fingerprint density at radius 1 is 1.63 bits per heavy atom. The van der Waals surface area contributed by atoms with Crippen molar-refractivity contribution in [1.29, 1.82) is 0 Å². The lowest BCUT2D eigenvalue weighted by molar-refractivity contribution is -0.0688. The van der Waals surface area contributed by atoms with Crippen molar-refractivity contribution in [3.8, 4) is 0 Å². The molecule has 1 aliphatic rings. The minimum absolute atomic E-state index is 0.0530. The molecule has 1 saturated heterocycles. The molecule has 0 amide bonds. The Bertz CT molecular complexity index is 403. The Hall–Kier alpha value is -1.07. The summed E-state index contributed by atoms with van der Waals surface area (Å²) < 4.78 is 13.2. The molecule has 108 valence electrons. The quantitative estimate of drug-likeness (QED) is 0.890. The maximum absolute atomic E-state index is 5.78. The van der Waals surface area contributed by atoms with Gasteiger partial charge in [0.25, 0.3) is 0 Å². The van der Waals surface area contributed by atoms with Gasteiger partial charge in [-0.1, -0.05) is 0 Å². The summed E-state index contributed by atoms with van der Waals surface area (Å²) in [6.07, 6.45) is 5.95. The van der Waals surface area contributed by atoms with Crippen molar-refractivity contribution in [3.63, 3.8) is 0 Å². The van der Waals surface area contributed by atoms with Gasteiger partial charge in [0.15, 0.2) is 0 Å². The molecule has 0 saturated carbocycles. The SMILES string of the molecule is COCC(C)Nc1nccn1C1CCOC(C)(C)C1. The second kappa shape index (κ2) is 5.92. The summed E-state index contributed by atoms with van der Waals surface area (Å²) in [5.41, 5.74) is -0.0530. The van der Waals surface area contributed by atoms with Crippen LogP contribution in [0.25, 0.3) is 0 Å². The highest BCUT2D eigenvalue weighted by atomic mass is 16.5. The number of nitrogens with one attached hydrogen (secondary N) is 1. The van der Waals surface area contributed by atoms with E-state index in [4.69, 9.17) is 9.47 Å². The van der Waals surface area contributed by atoms with Gasteiger partial charge < -0.3 is 19.4 Å². The van der Waals surface area contributed by atoms with Gasteiger partial charge in [0, 0.05) is 38.2 Å². The zero-order chi connectivity index (χ0) is 13.9. The molecular formula is C14H25N3O2. The van der Waals surface area contributed by atoms with E-state index in [2.05, 4.69) is 35.6 Å². The highest BCUT2D eigenvalue weighted by Crippen LogP contribution is 2.33. The van der Waals surface area contributed by atoms with Crippen LogP contribution in [-0.4, -0.2) is 41.5 Å². The van der Waals surface area contributed by atoms with E-state index in [1.165, 1.54) is 0 Å². The summed E-state index contributed by atoms with van der Waals surface area (Å²) >= 11 is 0. The smallest absolute Gasteiger partial charge is 0.203 e. The molecule has 1 fully saturated rings. The number of rotatable bonds is 5. The molecule has 0 aromatic carbocycles. The predicted molar refractivity (Wildman–Crippen MR) is 75.5 cm³/mol. The van der Waals surface area contributed by atoms with Crippen molar-refractivity contribution in [1.82, 2.24) is 9.55 Å². The molecule has 5 heteroatoms. The average Bonchev–Trinajstić information content (AvgIpc) is 2.76. The number of hydrogen-bond donors (Lipinski definition) is 1. The maximum Gasteiger partial charge on any atom is 0.203 e. The Kier molecular flexibility index (Phi) is 4.47. The summed E-state index contributed by atoms with van der Waals surface area (Å²) in [6, 6.07) is 0.697. The van der Waals surface area contributed by atoms with E-state index in [1.54, 1.807) is 7.11 Å². The number of imidazole rings is 1. The van der Waals surface area contributed by atoms with Gasteiger partial charge in [-0.3, -0.25) is 0 Å². The molecule has 2 unspecified atom stereocenters. The molecule has 0 aliphatic carbocycles. The van der Waals surface area contributed by atoms with Crippen molar-refractivity contribution < 1.29 is 9.47 Å². The minimum Gasteiger partial charge on any atom is -0.383 e. The van der Waals surface area contributed by atoms with E-state index in [-0.39, 0.29) is 11.6 Å². The van der Waals surface area contributed by atoms with Crippen LogP contribution in [0.4, 0.5) is 5.95 Å². The molecule has 1 aromatic heterocycles. The van der Waals surface area contributed by atoms with Gasteiger partial charge in [0.05, 0.1) is 12.2 Å². The highest BCUT2D eigenvalue weighted by molar-refractivity contribution is 5.28. The zero-order valence-corrected chi connectivity index (χ0v) is 12.3. The second-order valence-corrected chi connectivity index (χ2v) is 5.91. The molecule has 0 radical (unpaired) electrons. The van der Waals surface area contributed by atoms with Crippen molar-refractivity contribution in [2.45, 2.75) is 51.3 Å². The number of methoxy groups -OCH3 is 1. The van der Waals surface area contributed by atoms with Gasteiger partial charge in [-0.25, -0.2) is 4.98 Å². The molecule has 0 spiro atoms. The number of anilines is 1.